The number of nitrogens with zero attached hydrogens (tertiary/aromatic N) is 5. The van der Waals surface area contributed by atoms with E-state index >= 15 is 0 Å². The molecular formula is C24H27BN8O. The highest BCUT2D eigenvalue weighted by atomic mass is 16.2. The Morgan fingerprint density at radius 2 is 2.12 bits per heavy atom. The minimum absolute atomic E-state index is 0.0230. The second-order valence-corrected chi connectivity index (χ2v) is 8.73. The monoisotopic (exact) mass is 454 g/mol. The van der Waals surface area contributed by atoms with E-state index in [1.165, 1.54) is 0 Å². The zero-order valence-electron chi connectivity index (χ0n) is 18.9. The van der Waals surface area contributed by atoms with E-state index in [-0.39, 0.29) is 18.0 Å². The van der Waals surface area contributed by atoms with Gasteiger partial charge in [0.2, 0.25) is 0 Å². The van der Waals surface area contributed by atoms with E-state index in [1.54, 1.807) is 16.9 Å². The van der Waals surface area contributed by atoms with Crippen LogP contribution >= 0.6 is 0 Å². The molecule has 4 heterocycles. The van der Waals surface area contributed by atoms with E-state index in [4.69, 9.17) is 18.6 Å². The van der Waals surface area contributed by atoms with E-state index in [0.29, 0.717) is 30.7 Å². The van der Waals surface area contributed by atoms with Gasteiger partial charge in [-0.1, -0.05) is 18.2 Å². The molecule has 3 aromatic heterocycles. The number of fused-ring (bicyclic) bond motifs is 1. The molecule has 0 bridgehead atoms. The van der Waals surface area contributed by atoms with Crippen LogP contribution < -0.4 is 21.8 Å². The zero-order chi connectivity index (χ0) is 23.5. The van der Waals surface area contributed by atoms with Crippen molar-refractivity contribution in [3.05, 3.63) is 72.0 Å². The summed E-state index contributed by atoms with van der Waals surface area (Å²) in [6.45, 7) is 1.93. The first-order chi connectivity index (χ1) is 16.6. The molecule has 0 spiro atoms. The van der Waals surface area contributed by atoms with Gasteiger partial charge in [0.05, 0.1) is 0 Å². The smallest absolute Gasteiger partial charge is 0.321 e. The van der Waals surface area contributed by atoms with Crippen LogP contribution in [0.1, 0.15) is 36.4 Å². The number of urea groups is 1. The van der Waals surface area contributed by atoms with Crippen LogP contribution in [-0.4, -0.2) is 57.5 Å². The highest BCUT2D eigenvalue weighted by Crippen LogP contribution is 2.29. The molecule has 1 fully saturated rings. The Morgan fingerprint density at radius 1 is 1.26 bits per heavy atom. The zero-order valence-corrected chi connectivity index (χ0v) is 18.9. The minimum atomic E-state index is -0.0768. The summed E-state index contributed by atoms with van der Waals surface area (Å²) in [6.07, 6.45) is 13.3. The number of carbonyl (C=O) groups excluding carboxylic acids is 1. The fourth-order valence-corrected chi connectivity index (χ4v) is 4.34. The molecule has 10 heteroatoms. The number of pyridine rings is 1. The number of likely N-dealkylation sites (tertiary alicyclic amines) is 1. The third-order valence-electron chi connectivity index (χ3n) is 6.30. The quantitative estimate of drug-likeness (QED) is 0.505. The van der Waals surface area contributed by atoms with Crippen LogP contribution in [0, 0.1) is 0 Å². The lowest BCUT2D eigenvalue weighted by Crippen LogP contribution is -2.44. The molecule has 1 aliphatic heterocycles. The SMILES string of the molecule is [B]c1cnn2c(NCc3cccnc3)cc(C3CCN(C(=O)NC4=CCC(N)C=C4)CC3)nc12. The van der Waals surface area contributed by atoms with Crippen LogP contribution in [0.15, 0.2) is 60.7 Å². The van der Waals surface area contributed by atoms with Crippen LogP contribution in [-0.2, 0) is 6.54 Å². The Balaban J connectivity index is 1.27. The maximum Gasteiger partial charge on any atom is 0.321 e. The van der Waals surface area contributed by atoms with Gasteiger partial charge in [0.1, 0.15) is 19.3 Å². The molecule has 0 aromatic carbocycles. The van der Waals surface area contributed by atoms with Crippen molar-refractivity contribution >= 4 is 30.8 Å². The summed E-state index contributed by atoms with van der Waals surface area (Å²) in [5.74, 6) is 1.06. The van der Waals surface area contributed by atoms with Crippen molar-refractivity contribution in [2.75, 3.05) is 18.4 Å². The van der Waals surface area contributed by atoms with Gasteiger partial charge in [0.25, 0.3) is 0 Å². The summed E-state index contributed by atoms with van der Waals surface area (Å²) in [5, 5.41) is 10.8. The summed E-state index contributed by atoms with van der Waals surface area (Å²) in [6, 6.07) is 5.92. The van der Waals surface area contributed by atoms with E-state index in [9.17, 15) is 4.79 Å². The van der Waals surface area contributed by atoms with Gasteiger partial charge in [-0.05, 0) is 42.4 Å². The molecule has 0 saturated carbocycles. The number of aromatic nitrogens is 4. The normalized spacial score (nSPS) is 18.7. The minimum Gasteiger partial charge on any atom is -0.366 e. The lowest BCUT2D eigenvalue weighted by molar-refractivity contribution is 0.184. The van der Waals surface area contributed by atoms with Crippen molar-refractivity contribution in [1.82, 2.24) is 29.8 Å². The van der Waals surface area contributed by atoms with Gasteiger partial charge < -0.3 is 21.3 Å². The topological polar surface area (TPSA) is 113 Å². The van der Waals surface area contributed by atoms with Gasteiger partial charge in [-0.25, -0.2) is 9.78 Å². The van der Waals surface area contributed by atoms with Crippen LogP contribution in [0.3, 0.4) is 0 Å². The van der Waals surface area contributed by atoms with Crippen molar-refractivity contribution in [2.45, 2.75) is 37.8 Å². The fraction of sp³-hybridized carbons (Fsp3) is 0.333. The standard InChI is InChI=1S/C24H27BN8O/c25-20-15-29-33-22(28-14-16-2-1-9-27-13-16)12-21(31-23(20)33)17-7-10-32(11-8-17)24(34)30-19-5-3-18(26)4-6-19/h1-3,5-6,9,12-13,15,17-18,28H,4,7-8,10-11,14,26H2,(H,30,34). The molecule has 9 nitrogen and oxygen atoms in total. The molecule has 1 atom stereocenters. The van der Waals surface area contributed by atoms with E-state index in [0.717, 1.165) is 42.0 Å². The third kappa shape index (κ3) is 4.82. The summed E-state index contributed by atoms with van der Waals surface area (Å²) in [4.78, 5) is 23.5. The number of carbonyl (C=O) groups is 1. The molecule has 34 heavy (non-hydrogen) atoms. The van der Waals surface area contributed by atoms with Gasteiger partial charge in [-0.2, -0.15) is 9.61 Å². The molecule has 2 amide bonds. The molecule has 3 aromatic rings. The van der Waals surface area contributed by atoms with Gasteiger partial charge in [-0.3, -0.25) is 4.98 Å². The average Bonchev–Trinajstić information content (AvgIpc) is 3.25. The highest BCUT2D eigenvalue weighted by Gasteiger charge is 2.26. The predicted octanol–water partition coefficient (Wildman–Crippen LogP) is 1.59. The first-order valence-electron chi connectivity index (χ1n) is 11.5. The Morgan fingerprint density at radius 3 is 2.85 bits per heavy atom. The van der Waals surface area contributed by atoms with Crippen LogP contribution in [0.2, 0.25) is 0 Å². The molecule has 172 valence electrons. The van der Waals surface area contributed by atoms with Crippen LogP contribution in [0.5, 0.6) is 0 Å². The third-order valence-corrected chi connectivity index (χ3v) is 6.30. The van der Waals surface area contributed by atoms with Crippen molar-refractivity contribution in [1.29, 1.82) is 0 Å². The van der Waals surface area contributed by atoms with E-state index < -0.39 is 0 Å². The molecule has 1 unspecified atom stereocenters. The number of allylic oxidation sites excluding steroid dienone is 1. The summed E-state index contributed by atoms with van der Waals surface area (Å²) in [5.41, 5.74) is 9.87. The number of piperidine rings is 1. The summed E-state index contributed by atoms with van der Waals surface area (Å²) in [7, 11) is 6.15. The molecule has 2 aliphatic rings. The maximum atomic E-state index is 12.7. The van der Waals surface area contributed by atoms with E-state index in [1.807, 2.05) is 47.5 Å². The van der Waals surface area contributed by atoms with Gasteiger partial charge in [-0.15, -0.1) is 0 Å². The number of amides is 2. The lowest BCUT2D eigenvalue weighted by Gasteiger charge is -2.32. The fourth-order valence-electron chi connectivity index (χ4n) is 4.34. The average molecular weight is 454 g/mol. The number of hydrogen-bond donors (Lipinski definition) is 3. The Labute approximate surface area is 199 Å². The predicted molar refractivity (Wildman–Crippen MR) is 132 cm³/mol. The van der Waals surface area contributed by atoms with Crippen LogP contribution in [0.25, 0.3) is 5.65 Å². The summed E-state index contributed by atoms with van der Waals surface area (Å²) < 4.78 is 1.73. The van der Waals surface area contributed by atoms with Crippen molar-refractivity contribution in [2.24, 2.45) is 5.73 Å². The number of nitrogens with one attached hydrogen (secondary N) is 2. The van der Waals surface area contributed by atoms with E-state index in [2.05, 4.69) is 20.7 Å². The Kier molecular flexibility index (Phi) is 6.31. The number of hydrogen-bond acceptors (Lipinski definition) is 6. The molecule has 2 radical (unpaired) electrons. The molecule has 4 N–H and O–H groups in total. The van der Waals surface area contributed by atoms with Crippen molar-refractivity contribution < 1.29 is 4.79 Å². The first kappa shape index (κ1) is 22.2. The molecular weight excluding hydrogens is 427 g/mol. The number of nitrogens with two attached hydrogens (primary N) is 1. The van der Waals surface area contributed by atoms with Crippen LogP contribution in [0.4, 0.5) is 10.6 Å². The highest BCUT2D eigenvalue weighted by molar-refractivity contribution is 6.36. The van der Waals surface area contributed by atoms with Gasteiger partial charge >= 0.3 is 6.03 Å². The molecule has 1 aliphatic carbocycles. The molecule has 5 rings (SSSR count). The van der Waals surface area contributed by atoms with Crippen molar-refractivity contribution in [3.8, 4) is 0 Å². The first-order valence-corrected chi connectivity index (χ1v) is 11.5. The molecule has 1 saturated heterocycles. The number of rotatable bonds is 5. The van der Waals surface area contributed by atoms with Crippen molar-refractivity contribution in [3.63, 3.8) is 0 Å². The summed E-state index contributed by atoms with van der Waals surface area (Å²) >= 11 is 0. The van der Waals surface area contributed by atoms with Gasteiger partial charge in [0, 0.05) is 67.6 Å². The largest absolute Gasteiger partial charge is 0.366 e. The second-order valence-electron chi connectivity index (χ2n) is 8.73. The second kappa shape index (κ2) is 9.68. The Hall–Kier alpha value is -3.66. The maximum absolute atomic E-state index is 12.7. The number of anilines is 1. The lowest BCUT2D eigenvalue weighted by atomic mass is 9.93. The Bertz CT molecular complexity index is 1230. The van der Waals surface area contributed by atoms with Gasteiger partial charge in [0.15, 0.2) is 0 Å².